The topological polar surface area (TPSA) is 52.1 Å². The zero-order chi connectivity index (χ0) is 16.9. The number of thioether (sulfide) groups is 1. The van der Waals surface area contributed by atoms with Crippen LogP contribution in [-0.4, -0.2) is 28.1 Å². The molecule has 24 heavy (non-hydrogen) atoms. The van der Waals surface area contributed by atoms with E-state index in [1.807, 2.05) is 19.1 Å². The Morgan fingerprint density at radius 1 is 1.25 bits per heavy atom. The molecule has 2 aromatic heterocycles. The van der Waals surface area contributed by atoms with E-state index in [0.29, 0.717) is 13.0 Å². The number of hydrogen-bond acceptors (Lipinski definition) is 6. The predicted octanol–water partition coefficient (Wildman–Crippen LogP) is 4.83. The molecule has 4 nitrogen and oxygen atoms in total. The van der Waals surface area contributed by atoms with Gasteiger partial charge in [-0.25, -0.2) is 9.97 Å². The van der Waals surface area contributed by atoms with Crippen molar-refractivity contribution in [1.82, 2.24) is 9.97 Å². The molecular formula is C18H18N2O2S2. The zero-order valence-electron chi connectivity index (χ0n) is 13.6. The Morgan fingerprint density at radius 3 is 2.75 bits per heavy atom. The SMILES string of the molecule is CCOc1ccc(-c2csc3ncnc(SCCC(C)=O)c23)cc1. The molecule has 3 aromatic rings. The van der Waals surface area contributed by atoms with E-state index in [1.54, 1.807) is 36.3 Å². The summed E-state index contributed by atoms with van der Waals surface area (Å²) in [5, 5.41) is 4.12. The quantitative estimate of drug-likeness (QED) is 0.447. The van der Waals surface area contributed by atoms with E-state index in [2.05, 4.69) is 27.5 Å². The second kappa shape index (κ2) is 7.77. The summed E-state index contributed by atoms with van der Waals surface area (Å²) >= 11 is 3.23. The fourth-order valence-corrected chi connectivity index (χ4v) is 4.39. The van der Waals surface area contributed by atoms with Crippen LogP contribution in [-0.2, 0) is 4.79 Å². The number of ketones is 1. The Hall–Kier alpha value is -1.92. The largest absolute Gasteiger partial charge is 0.494 e. The van der Waals surface area contributed by atoms with Crippen molar-refractivity contribution >= 4 is 39.1 Å². The predicted molar refractivity (Wildman–Crippen MR) is 100 cm³/mol. The van der Waals surface area contributed by atoms with E-state index in [1.165, 1.54) is 0 Å². The Balaban J connectivity index is 1.94. The standard InChI is InChI=1S/C18H18N2O2S2/c1-3-22-14-6-4-13(5-7-14)15-10-24-18-16(15)17(19-11-20-18)23-9-8-12(2)21/h4-7,10-11H,3,8-9H2,1-2H3. The smallest absolute Gasteiger partial charge is 0.130 e. The van der Waals surface area contributed by atoms with Gasteiger partial charge in [-0.2, -0.15) is 0 Å². The molecule has 0 saturated carbocycles. The van der Waals surface area contributed by atoms with Gasteiger partial charge in [0, 0.05) is 23.1 Å². The van der Waals surface area contributed by atoms with Crippen LogP contribution < -0.4 is 4.74 Å². The van der Waals surface area contributed by atoms with Gasteiger partial charge in [0.05, 0.1) is 12.0 Å². The molecule has 0 spiro atoms. The number of hydrogen-bond donors (Lipinski definition) is 0. The fraction of sp³-hybridized carbons (Fsp3) is 0.278. The first-order valence-corrected chi connectivity index (χ1v) is 9.63. The molecule has 0 aliphatic heterocycles. The number of aromatic nitrogens is 2. The van der Waals surface area contributed by atoms with Crippen LogP contribution in [0, 0.1) is 0 Å². The summed E-state index contributed by atoms with van der Waals surface area (Å²) in [6, 6.07) is 8.08. The van der Waals surface area contributed by atoms with Crippen molar-refractivity contribution in [3.8, 4) is 16.9 Å². The minimum absolute atomic E-state index is 0.199. The van der Waals surface area contributed by atoms with E-state index in [-0.39, 0.29) is 5.78 Å². The van der Waals surface area contributed by atoms with Crippen LogP contribution in [0.25, 0.3) is 21.3 Å². The third kappa shape index (κ3) is 3.76. The van der Waals surface area contributed by atoms with E-state index in [0.717, 1.165) is 37.9 Å². The summed E-state index contributed by atoms with van der Waals surface area (Å²) in [5.74, 6) is 1.80. The van der Waals surface area contributed by atoms with Crippen molar-refractivity contribution in [3.05, 3.63) is 36.0 Å². The first-order valence-electron chi connectivity index (χ1n) is 7.76. The molecule has 2 heterocycles. The average Bonchev–Trinajstić information content (AvgIpc) is 3.00. The number of benzene rings is 1. The second-order valence-corrected chi connectivity index (χ2v) is 7.21. The van der Waals surface area contributed by atoms with Crippen LogP contribution in [0.1, 0.15) is 20.3 Å². The lowest BCUT2D eigenvalue weighted by atomic mass is 10.1. The lowest BCUT2D eigenvalue weighted by Gasteiger charge is -2.06. The number of nitrogens with zero attached hydrogens (tertiary/aromatic N) is 2. The minimum Gasteiger partial charge on any atom is -0.494 e. The van der Waals surface area contributed by atoms with Gasteiger partial charge >= 0.3 is 0 Å². The van der Waals surface area contributed by atoms with Crippen molar-refractivity contribution in [3.63, 3.8) is 0 Å². The molecular weight excluding hydrogens is 340 g/mol. The van der Waals surface area contributed by atoms with Crippen LogP contribution in [0.5, 0.6) is 5.75 Å². The number of Topliss-reactive ketones (excluding diaryl/α,β-unsaturated/α-hetero) is 1. The Labute approximate surface area is 149 Å². The van der Waals surface area contributed by atoms with Gasteiger partial charge in [0.25, 0.3) is 0 Å². The van der Waals surface area contributed by atoms with E-state index < -0.39 is 0 Å². The molecule has 0 atom stereocenters. The van der Waals surface area contributed by atoms with Gasteiger partial charge in [0.1, 0.15) is 27.7 Å². The van der Waals surface area contributed by atoms with Gasteiger partial charge in [-0.05, 0) is 31.5 Å². The van der Waals surface area contributed by atoms with Crippen molar-refractivity contribution < 1.29 is 9.53 Å². The van der Waals surface area contributed by atoms with Crippen LogP contribution >= 0.6 is 23.1 Å². The molecule has 3 rings (SSSR count). The summed E-state index contributed by atoms with van der Waals surface area (Å²) in [4.78, 5) is 20.9. The maximum atomic E-state index is 11.2. The number of carbonyl (C=O) groups excluding carboxylic acids is 1. The summed E-state index contributed by atoms with van der Waals surface area (Å²) in [6.07, 6.45) is 2.15. The van der Waals surface area contributed by atoms with Crippen LogP contribution in [0.3, 0.4) is 0 Å². The fourth-order valence-electron chi connectivity index (χ4n) is 2.36. The highest BCUT2D eigenvalue weighted by molar-refractivity contribution is 7.99. The lowest BCUT2D eigenvalue weighted by molar-refractivity contribution is -0.116. The third-order valence-electron chi connectivity index (χ3n) is 3.50. The van der Waals surface area contributed by atoms with Gasteiger partial charge in [0.15, 0.2) is 0 Å². The molecule has 0 unspecified atom stereocenters. The molecule has 124 valence electrons. The minimum atomic E-state index is 0.199. The summed E-state index contributed by atoms with van der Waals surface area (Å²) in [7, 11) is 0. The molecule has 0 saturated heterocycles. The summed E-state index contributed by atoms with van der Waals surface area (Å²) in [5.41, 5.74) is 2.25. The number of thiophene rings is 1. The van der Waals surface area contributed by atoms with Crippen molar-refractivity contribution in [2.75, 3.05) is 12.4 Å². The molecule has 0 fully saturated rings. The maximum Gasteiger partial charge on any atom is 0.130 e. The molecule has 0 radical (unpaired) electrons. The highest BCUT2D eigenvalue weighted by Crippen LogP contribution is 2.38. The molecule has 1 aromatic carbocycles. The maximum absolute atomic E-state index is 11.2. The third-order valence-corrected chi connectivity index (χ3v) is 5.38. The van der Waals surface area contributed by atoms with Gasteiger partial charge < -0.3 is 4.74 Å². The Morgan fingerprint density at radius 2 is 2.04 bits per heavy atom. The number of rotatable bonds is 7. The van der Waals surface area contributed by atoms with Crippen LogP contribution in [0.4, 0.5) is 0 Å². The molecule has 6 heteroatoms. The highest BCUT2D eigenvalue weighted by atomic mass is 32.2. The number of fused-ring (bicyclic) bond motifs is 1. The van der Waals surface area contributed by atoms with Crippen LogP contribution in [0.15, 0.2) is 41.0 Å². The Kier molecular flexibility index (Phi) is 5.48. The Bertz CT molecular complexity index is 844. The van der Waals surface area contributed by atoms with E-state index >= 15 is 0 Å². The van der Waals surface area contributed by atoms with Crippen LogP contribution in [0.2, 0.25) is 0 Å². The number of ether oxygens (including phenoxy) is 1. The second-order valence-electron chi connectivity index (χ2n) is 5.27. The van der Waals surface area contributed by atoms with Gasteiger partial charge in [0.2, 0.25) is 0 Å². The lowest BCUT2D eigenvalue weighted by Crippen LogP contribution is -1.93. The van der Waals surface area contributed by atoms with Gasteiger partial charge in [-0.1, -0.05) is 12.1 Å². The molecule has 0 N–H and O–H groups in total. The number of carbonyl (C=O) groups is 1. The van der Waals surface area contributed by atoms with Crippen molar-refractivity contribution in [2.24, 2.45) is 0 Å². The summed E-state index contributed by atoms with van der Waals surface area (Å²) in [6.45, 7) is 4.25. The van der Waals surface area contributed by atoms with E-state index in [4.69, 9.17) is 4.74 Å². The van der Waals surface area contributed by atoms with Gasteiger partial charge in [-0.3, -0.25) is 4.79 Å². The van der Waals surface area contributed by atoms with Crippen molar-refractivity contribution in [1.29, 1.82) is 0 Å². The first-order chi connectivity index (χ1) is 11.7. The average molecular weight is 358 g/mol. The monoisotopic (exact) mass is 358 g/mol. The van der Waals surface area contributed by atoms with E-state index in [9.17, 15) is 4.79 Å². The molecule has 0 bridgehead atoms. The molecule has 0 aliphatic rings. The molecule has 0 amide bonds. The normalized spacial score (nSPS) is 10.9. The first kappa shape index (κ1) is 16.9. The zero-order valence-corrected chi connectivity index (χ0v) is 15.2. The summed E-state index contributed by atoms with van der Waals surface area (Å²) < 4.78 is 5.51. The molecule has 0 aliphatic carbocycles. The van der Waals surface area contributed by atoms with Crippen molar-refractivity contribution in [2.45, 2.75) is 25.3 Å². The van der Waals surface area contributed by atoms with Gasteiger partial charge in [-0.15, -0.1) is 23.1 Å². The highest BCUT2D eigenvalue weighted by Gasteiger charge is 2.13.